The molecule has 0 radical (unpaired) electrons. The number of alkyl halides is 1. The average Bonchev–Trinajstić information content (AvgIpc) is 2.98. The minimum Gasteiger partial charge on any atom is -0.496 e. The van der Waals surface area contributed by atoms with Gasteiger partial charge in [-0.1, -0.05) is 22.6 Å². The van der Waals surface area contributed by atoms with Gasteiger partial charge in [-0.2, -0.15) is 0 Å². The van der Waals surface area contributed by atoms with Crippen LogP contribution >= 0.6 is 33.9 Å². The number of ether oxygens (including phenoxy) is 2. The number of aryl methyl sites for hydroxylation is 1. The van der Waals surface area contributed by atoms with E-state index in [1.807, 2.05) is 18.2 Å². The van der Waals surface area contributed by atoms with E-state index in [9.17, 15) is 0 Å². The highest BCUT2D eigenvalue weighted by atomic mass is 127. The normalized spacial score (nSPS) is 11.2. The van der Waals surface area contributed by atoms with Crippen LogP contribution in [0.1, 0.15) is 24.3 Å². The monoisotopic (exact) mass is 483 g/mol. The molecule has 7 heteroatoms. The number of anilines is 1. The molecule has 0 unspecified atom stereocenters. The summed E-state index contributed by atoms with van der Waals surface area (Å²) < 4.78 is 12.0. The van der Waals surface area contributed by atoms with Crippen molar-refractivity contribution >= 4 is 50.0 Å². The van der Waals surface area contributed by atoms with E-state index >= 15 is 0 Å². The Morgan fingerprint density at radius 3 is 2.50 bits per heavy atom. The van der Waals surface area contributed by atoms with Crippen molar-refractivity contribution in [3.05, 3.63) is 28.6 Å². The van der Waals surface area contributed by atoms with Crippen molar-refractivity contribution in [3.63, 3.8) is 0 Å². The van der Waals surface area contributed by atoms with Gasteiger partial charge in [-0.05, 0) is 32.9 Å². The topological polar surface area (TPSA) is 56.3 Å². The molecular weight excluding hydrogens is 461 g/mol. The molecule has 2 heterocycles. The minimum atomic E-state index is 0.336. The van der Waals surface area contributed by atoms with Gasteiger partial charge in [-0.25, -0.2) is 9.97 Å². The van der Waals surface area contributed by atoms with E-state index in [0.29, 0.717) is 6.04 Å². The van der Waals surface area contributed by atoms with Crippen LogP contribution in [0, 0.1) is 6.92 Å². The third-order valence-electron chi connectivity index (χ3n) is 4.03. The smallest absolute Gasteiger partial charge is 0.183 e. The summed E-state index contributed by atoms with van der Waals surface area (Å²) in [5, 5.41) is 5.26. The zero-order chi connectivity index (χ0) is 18.8. The summed E-state index contributed by atoms with van der Waals surface area (Å²) in [6.45, 7) is 6.28. The number of pyridine rings is 1. The summed E-state index contributed by atoms with van der Waals surface area (Å²) in [6, 6.07) is 6.27. The number of aromatic nitrogens is 2. The van der Waals surface area contributed by atoms with Gasteiger partial charge in [-0.15, -0.1) is 11.3 Å². The van der Waals surface area contributed by atoms with Crippen LogP contribution in [0.2, 0.25) is 0 Å². The molecule has 0 spiro atoms. The summed E-state index contributed by atoms with van der Waals surface area (Å²) >= 11 is 3.98. The Labute approximate surface area is 171 Å². The lowest BCUT2D eigenvalue weighted by Crippen LogP contribution is -2.09. The van der Waals surface area contributed by atoms with E-state index in [-0.39, 0.29) is 0 Å². The number of thiazole rings is 1. The van der Waals surface area contributed by atoms with E-state index in [0.717, 1.165) is 53.8 Å². The molecule has 0 saturated heterocycles. The minimum absolute atomic E-state index is 0.336. The molecule has 0 bridgehead atoms. The number of halogens is 1. The average molecular weight is 483 g/mol. The van der Waals surface area contributed by atoms with Crippen LogP contribution < -0.4 is 14.8 Å². The van der Waals surface area contributed by atoms with Gasteiger partial charge in [0.05, 0.1) is 25.4 Å². The summed E-state index contributed by atoms with van der Waals surface area (Å²) in [4.78, 5) is 10.8. The Kier molecular flexibility index (Phi) is 5.86. The predicted octanol–water partition coefficient (Wildman–Crippen LogP) is 5.44. The van der Waals surface area contributed by atoms with Crippen LogP contribution in [0.15, 0.2) is 18.2 Å². The van der Waals surface area contributed by atoms with Crippen LogP contribution in [-0.4, -0.2) is 30.2 Å². The molecule has 0 atom stereocenters. The Balaban J connectivity index is 2.22. The van der Waals surface area contributed by atoms with Gasteiger partial charge in [0.1, 0.15) is 17.2 Å². The first-order valence-corrected chi connectivity index (χ1v) is 10.7. The van der Waals surface area contributed by atoms with E-state index in [2.05, 4.69) is 48.7 Å². The molecule has 1 aromatic carbocycles. The molecule has 0 aliphatic carbocycles. The van der Waals surface area contributed by atoms with Crippen molar-refractivity contribution in [1.82, 2.24) is 9.97 Å². The number of fused-ring (bicyclic) bond motifs is 1. The molecular formula is C19H22IN3O2S. The fraction of sp³-hybridized carbons (Fsp3) is 0.368. The first-order chi connectivity index (χ1) is 12.5. The van der Waals surface area contributed by atoms with Gasteiger partial charge < -0.3 is 14.8 Å². The molecule has 0 fully saturated rings. The third-order valence-corrected chi connectivity index (χ3v) is 5.69. The van der Waals surface area contributed by atoms with Crippen molar-refractivity contribution < 1.29 is 9.47 Å². The Morgan fingerprint density at radius 1 is 1.15 bits per heavy atom. The Morgan fingerprint density at radius 2 is 1.88 bits per heavy atom. The van der Waals surface area contributed by atoms with E-state index in [4.69, 9.17) is 19.4 Å². The lowest BCUT2D eigenvalue weighted by molar-refractivity contribution is 0.411. The van der Waals surface area contributed by atoms with E-state index in [1.165, 1.54) is 0 Å². The quantitative estimate of drug-likeness (QED) is 0.374. The molecule has 0 saturated carbocycles. The maximum atomic E-state index is 5.65. The second-order valence-electron chi connectivity index (χ2n) is 6.21. The van der Waals surface area contributed by atoms with Gasteiger partial charge in [0.2, 0.25) is 0 Å². The molecule has 2 aromatic heterocycles. The van der Waals surface area contributed by atoms with E-state index < -0.39 is 0 Å². The van der Waals surface area contributed by atoms with Crippen LogP contribution in [0.5, 0.6) is 11.5 Å². The second kappa shape index (κ2) is 7.96. The number of nitrogens with one attached hydrogen (secondary N) is 1. The largest absolute Gasteiger partial charge is 0.496 e. The molecule has 0 amide bonds. The standard InChI is InChI=1S/C19H22IN3O2S/c1-10(2)21-19-23-17(11(3)26-19)14-8-16(25-5)12-6-7-15(24-4)13(9-20)18(12)22-14/h6-8,10H,9H2,1-5H3,(H,21,23). The zero-order valence-corrected chi connectivity index (χ0v) is 18.5. The molecule has 3 rings (SSSR count). The van der Waals surface area contributed by atoms with E-state index in [1.54, 1.807) is 25.6 Å². The van der Waals surface area contributed by atoms with Gasteiger partial charge in [0.25, 0.3) is 0 Å². The first-order valence-electron chi connectivity index (χ1n) is 8.33. The molecule has 138 valence electrons. The second-order valence-corrected chi connectivity index (χ2v) is 8.17. The SMILES string of the molecule is COc1ccc2c(OC)cc(-c3nc(NC(C)C)sc3C)nc2c1CI. The highest BCUT2D eigenvalue weighted by molar-refractivity contribution is 14.1. The number of hydrogen-bond acceptors (Lipinski definition) is 6. The van der Waals surface area contributed by atoms with Crippen LogP contribution in [-0.2, 0) is 4.43 Å². The van der Waals surface area contributed by atoms with Crippen LogP contribution in [0.3, 0.4) is 0 Å². The molecule has 3 aromatic rings. The maximum Gasteiger partial charge on any atom is 0.183 e. The summed E-state index contributed by atoms with van der Waals surface area (Å²) in [5.74, 6) is 1.64. The van der Waals surface area contributed by atoms with Gasteiger partial charge in [0.15, 0.2) is 5.13 Å². The number of hydrogen-bond donors (Lipinski definition) is 1. The van der Waals surface area contributed by atoms with Crippen molar-refractivity contribution in [2.75, 3.05) is 19.5 Å². The fourth-order valence-electron chi connectivity index (χ4n) is 2.85. The van der Waals surface area contributed by atoms with Gasteiger partial charge in [-0.3, -0.25) is 0 Å². The van der Waals surface area contributed by atoms with Crippen molar-refractivity contribution in [3.8, 4) is 22.9 Å². The highest BCUT2D eigenvalue weighted by Gasteiger charge is 2.18. The Hall–Kier alpha value is -1.61. The summed E-state index contributed by atoms with van der Waals surface area (Å²) in [7, 11) is 3.37. The molecule has 1 N–H and O–H groups in total. The summed E-state index contributed by atoms with van der Waals surface area (Å²) in [5.41, 5.74) is 3.68. The molecule has 0 aliphatic heterocycles. The van der Waals surface area contributed by atoms with Crippen molar-refractivity contribution in [2.45, 2.75) is 31.2 Å². The zero-order valence-electron chi connectivity index (χ0n) is 15.5. The molecule has 5 nitrogen and oxygen atoms in total. The van der Waals surface area contributed by atoms with Gasteiger partial charge in [0, 0.05) is 32.4 Å². The number of rotatable bonds is 6. The van der Waals surface area contributed by atoms with Gasteiger partial charge >= 0.3 is 0 Å². The highest BCUT2D eigenvalue weighted by Crippen LogP contribution is 2.38. The lowest BCUT2D eigenvalue weighted by Gasteiger charge is -2.13. The Bertz CT molecular complexity index is 940. The van der Waals surface area contributed by atoms with Crippen molar-refractivity contribution in [1.29, 1.82) is 0 Å². The number of methoxy groups -OCH3 is 2. The number of nitrogens with zero attached hydrogens (tertiary/aromatic N) is 2. The fourth-order valence-corrected chi connectivity index (χ4v) is 4.56. The van der Waals surface area contributed by atoms with Crippen LogP contribution in [0.25, 0.3) is 22.3 Å². The van der Waals surface area contributed by atoms with Crippen molar-refractivity contribution in [2.24, 2.45) is 0 Å². The number of benzene rings is 1. The molecule has 26 heavy (non-hydrogen) atoms. The first kappa shape index (κ1) is 19.2. The molecule has 0 aliphatic rings. The maximum absolute atomic E-state index is 5.65. The predicted molar refractivity (Wildman–Crippen MR) is 117 cm³/mol. The third kappa shape index (κ3) is 3.59. The summed E-state index contributed by atoms with van der Waals surface area (Å²) in [6.07, 6.45) is 0. The lowest BCUT2D eigenvalue weighted by atomic mass is 10.1. The van der Waals surface area contributed by atoms with Crippen LogP contribution in [0.4, 0.5) is 5.13 Å².